The molecule has 2 aromatic carbocycles. The summed E-state index contributed by atoms with van der Waals surface area (Å²) >= 11 is 0. The summed E-state index contributed by atoms with van der Waals surface area (Å²) in [7, 11) is 0. The van der Waals surface area contributed by atoms with Gasteiger partial charge in [0.2, 0.25) is 5.95 Å². The highest BCUT2D eigenvalue weighted by Crippen LogP contribution is 2.22. The molecule has 0 saturated carbocycles. The number of amides is 1. The highest BCUT2D eigenvalue weighted by Gasteiger charge is 2.08. The quantitative estimate of drug-likeness (QED) is 0.731. The summed E-state index contributed by atoms with van der Waals surface area (Å²) in [4.78, 5) is 20.8. The summed E-state index contributed by atoms with van der Waals surface area (Å²) in [5.74, 6) is 0.279. The van der Waals surface area contributed by atoms with Crippen LogP contribution in [0.1, 0.15) is 32.6 Å². The van der Waals surface area contributed by atoms with Gasteiger partial charge in [0.05, 0.1) is 5.56 Å². The van der Waals surface area contributed by atoms with Crippen LogP contribution in [0.3, 0.4) is 0 Å². The molecule has 0 aliphatic carbocycles. The molecule has 0 bridgehead atoms. The molecule has 0 aliphatic heterocycles. The van der Waals surface area contributed by atoms with E-state index in [1.54, 1.807) is 0 Å². The second-order valence-electron chi connectivity index (χ2n) is 6.36. The molecule has 0 fully saturated rings. The van der Waals surface area contributed by atoms with Gasteiger partial charge in [-0.25, -0.2) is 9.97 Å². The first kappa shape index (κ1) is 17.6. The van der Waals surface area contributed by atoms with Crippen LogP contribution in [0.2, 0.25) is 0 Å². The third kappa shape index (κ3) is 4.25. The Morgan fingerprint density at radius 1 is 0.923 bits per heavy atom. The van der Waals surface area contributed by atoms with E-state index >= 15 is 0 Å². The molecular weight excluding hydrogens is 324 g/mol. The van der Waals surface area contributed by atoms with E-state index in [4.69, 9.17) is 0 Å². The Hall–Kier alpha value is -3.21. The smallest absolute Gasteiger partial charge is 0.254 e. The van der Waals surface area contributed by atoms with Gasteiger partial charge in [0.25, 0.3) is 5.91 Å². The van der Waals surface area contributed by atoms with Crippen LogP contribution in [0.4, 0.5) is 11.6 Å². The molecule has 2 N–H and O–H groups in total. The predicted octanol–water partition coefficient (Wildman–Crippen LogP) is 4.08. The van der Waals surface area contributed by atoms with Gasteiger partial charge in [0.15, 0.2) is 0 Å². The Labute approximate surface area is 153 Å². The lowest BCUT2D eigenvalue weighted by Crippen LogP contribution is -2.23. The normalized spacial score (nSPS) is 10.4. The molecular formula is C21H22N4O. The lowest BCUT2D eigenvalue weighted by molar-refractivity contribution is 0.0950. The maximum absolute atomic E-state index is 12.3. The zero-order valence-electron chi connectivity index (χ0n) is 15.2. The van der Waals surface area contributed by atoms with Gasteiger partial charge in [-0.1, -0.05) is 48.0 Å². The Morgan fingerprint density at radius 2 is 1.54 bits per heavy atom. The minimum Gasteiger partial charge on any atom is -0.348 e. The van der Waals surface area contributed by atoms with Gasteiger partial charge in [-0.15, -0.1) is 0 Å². The molecule has 1 aromatic heterocycles. The SMILES string of the molecule is Cc1ccc(CNC(=O)c2cnc(Nc3c(C)cccc3C)nc2)cc1. The number of aromatic nitrogens is 2. The van der Waals surface area contributed by atoms with Crippen LogP contribution in [-0.2, 0) is 6.54 Å². The monoisotopic (exact) mass is 346 g/mol. The van der Waals surface area contributed by atoms with E-state index in [1.807, 2.05) is 63.2 Å². The molecule has 0 unspecified atom stereocenters. The minimum absolute atomic E-state index is 0.191. The highest BCUT2D eigenvalue weighted by molar-refractivity contribution is 5.93. The summed E-state index contributed by atoms with van der Waals surface area (Å²) in [6, 6.07) is 14.1. The Balaban J connectivity index is 1.63. The molecule has 132 valence electrons. The lowest BCUT2D eigenvalue weighted by atomic mass is 10.1. The molecule has 0 saturated heterocycles. The summed E-state index contributed by atoms with van der Waals surface area (Å²) in [5.41, 5.74) is 5.91. The molecule has 26 heavy (non-hydrogen) atoms. The standard InChI is InChI=1S/C21H22N4O/c1-14-7-9-17(10-8-14)11-22-20(26)18-12-23-21(24-13-18)25-19-15(2)5-4-6-16(19)3/h4-10,12-13H,11H2,1-3H3,(H,22,26)(H,23,24,25). The van der Waals surface area contributed by atoms with Crippen LogP contribution in [0.5, 0.6) is 0 Å². The third-order valence-electron chi connectivity index (χ3n) is 4.21. The maximum atomic E-state index is 12.3. The Kier molecular flexibility index (Phi) is 5.27. The van der Waals surface area contributed by atoms with Gasteiger partial charge in [0, 0.05) is 24.6 Å². The van der Waals surface area contributed by atoms with Crippen molar-refractivity contribution < 1.29 is 4.79 Å². The van der Waals surface area contributed by atoms with Crippen molar-refractivity contribution in [3.8, 4) is 0 Å². The van der Waals surface area contributed by atoms with Crippen LogP contribution in [0.25, 0.3) is 0 Å². The molecule has 3 rings (SSSR count). The van der Waals surface area contributed by atoms with Gasteiger partial charge >= 0.3 is 0 Å². The minimum atomic E-state index is -0.191. The van der Waals surface area contributed by atoms with Gasteiger partial charge in [0.1, 0.15) is 0 Å². The number of para-hydroxylation sites is 1. The van der Waals surface area contributed by atoms with Gasteiger partial charge in [-0.2, -0.15) is 0 Å². The van der Waals surface area contributed by atoms with Crippen molar-refractivity contribution in [2.45, 2.75) is 27.3 Å². The number of anilines is 2. The third-order valence-corrected chi connectivity index (χ3v) is 4.21. The van der Waals surface area contributed by atoms with Crippen molar-refractivity contribution in [3.63, 3.8) is 0 Å². The van der Waals surface area contributed by atoms with E-state index in [-0.39, 0.29) is 5.91 Å². The lowest BCUT2D eigenvalue weighted by Gasteiger charge is -2.11. The van der Waals surface area contributed by atoms with Crippen molar-refractivity contribution in [2.24, 2.45) is 0 Å². The fourth-order valence-corrected chi connectivity index (χ4v) is 2.62. The molecule has 0 atom stereocenters. The van der Waals surface area contributed by atoms with E-state index in [1.165, 1.54) is 18.0 Å². The maximum Gasteiger partial charge on any atom is 0.254 e. The average molecular weight is 346 g/mol. The predicted molar refractivity (Wildman–Crippen MR) is 104 cm³/mol. The zero-order chi connectivity index (χ0) is 18.5. The second kappa shape index (κ2) is 7.78. The summed E-state index contributed by atoms with van der Waals surface area (Å²) in [5, 5.41) is 6.10. The topological polar surface area (TPSA) is 66.9 Å². The first-order valence-electron chi connectivity index (χ1n) is 8.52. The van der Waals surface area contributed by atoms with Crippen molar-refractivity contribution in [1.29, 1.82) is 0 Å². The van der Waals surface area contributed by atoms with Crippen LogP contribution < -0.4 is 10.6 Å². The number of nitrogens with zero attached hydrogens (tertiary/aromatic N) is 2. The zero-order valence-corrected chi connectivity index (χ0v) is 15.2. The van der Waals surface area contributed by atoms with E-state index < -0.39 is 0 Å². The van der Waals surface area contributed by atoms with Crippen molar-refractivity contribution >= 4 is 17.5 Å². The highest BCUT2D eigenvalue weighted by atomic mass is 16.1. The van der Waals surface area contributed by atoms with Crippen molar-refractivity contribution in [2.75, 3.05) is 5.32 Å². The molecule has 0 spiro atoms. The number of hydrogen-bond acceptors (Lipinski definition) is 4. The van der Waals surface area contributed by atoms with Gasteiger partial charge < -0.3 is 10.6 Å². The van der Waals surface area contributed by atoms with E-state index in [0.29, 0.717) is 18.1 Å². The molecule has 1 heterocycles. The number of benzene rings is 2. The first-order chi connectivity index (χ1) is 12.5. The summed E-state index contributed by atoms with van der Waals surface area (Å²) in [6.45, 7) is 6.57. The fraction of sp³-hybridized carbons (Fsp3) is 0.190. The van der Waals surface area contributed by atoms with Crippen LogP contribution >= 0.6 is 0 Å². The molecule has 5 nitrogen and oxygen atoms in total. The van der Waals surface area contributed by atoms with Crippen LogP contribution in [0.15, 0.2) is 54.9 Å². The summed E-state index contributed by atoms with van der Waals surface area (Å²) < 4.78 is 0. The Morgan fingerprint density at radius 3 is 2.15 bits per heavy atom. The number of carbonyl (C=O) groups is 1. The van der Waals surface area contributed by atoms with Gasteiger partial charge in [-0.3, -0.25) is 4.79 Å². The largest absolute Gasteiger partial charge is 0.348 e. The van der Waals surface area contributed by atoms with Crippen LogP contribution in [-0.4, -0.2) is 15.9 Å². The average Bonchev–Trinajstić information content (AvgIpc) is 2.65. The molecule has 0 radical (unpaired) electrons. The molecule has 0 aliphatic rings. The number of nitrogens with one attached hydrogen (secondary N) is 2. The number of rotatable bonds is 5. The second-order valence-corrected chi connectivity index (χ2v) is 6.36. The van der Waals surface area contributed by atoms with Gasteiger partial charge in [-0.05, 0) is 37.5 Å². The molecule has 3 aromatic rings. The number of carbonyl (C=O) groups excluding carboxylic acids is 1. The number of hydrogen-bond donors (Lipinski definition) is 2. The molecule has 5 heteroatoms. The van der Waals surface area contributed by atoms with Crippen molar-refractivity contribution in [1.82, 2.24) is 15.3 Å². The number of aryl methyl sites for hydroxylation is 3. The van der Waals surface area contributed by atoms with Crippen LogP contribution in [0, 0.1) is 20.8 Å². The first-order valence-corrected chi connectivity index (χ1v) is 8.52. The van der Waals surface area contributed by atoms with E-state index in [2.05, 4.69) is 20.6 Å². The summed E-state index contributed by atoms with van der Waals surface area (Å²) in [6.07, 6.45) is 3.07. The Bertz CT molecular complexity index is 882. The molecule has 1 amide bonds. The van der Waals surface area contributed by atoms with Crippen molar-refractivity contribution in [3.05, 3.63) is 82.7 Å². The van der Waals surface area contributed by atoms with E-state index in [9.17, 15) is 4.79 Å². The van der Waals surface area contributed by atoms with E-state index in [0.717, 1.165) is 22.4 Å². The fourth-order valence-electron chi connectivity index (χ4n) is 2.62.